The van der Waals surface area contributed by atoms with Gasteiger partial charge in [0.15, 0.2) is 11.2 Å². The standard InChI is InChI=1S/C18H16O6/c1-7-4-9(23-3)6-10-12(7)15(19)13-11-5-8(2)18(14(10)13,16(20)21)17(22)24-11/h4-6,11,13-14H,1-3H3,(H,20,21)/t11-,13+,14+,18+/m0/s1. The Balaban J connectivity index is 2.06. The molecule has 0 aromatic heterocycles. The minimum Gasteiger partial charge on any atom is -0.497 e. The second-order valence-corrected chi connectivity index (χ2v) is 6.61. The summed E-state index contributed by atoms with van der Waals surface area (Å²) in [6.45, 7) is 3.40. The van der Waals surface area contributed by atoms with E-state index in [0.29, 0.717) is 28.0 Å². The highest BCUT2D eigenvalue weighted by Crippen LogP contribution is 2.61. The minimum atomic E-state index is -1.85. The van der Waals surface area contributed by atoms with Gasteiger partial charge in [-0.1, -0.05) is 0 Å². The van der Waals surface area contributed by atoms with Gasteiger partial charge < -0.3 is 14.6 Å². The predicted octanol–water partition coefficient (Wildman–Crippen LogP) is 1.86. The number of carbonyl (C=O) groups is 3. The molecule has 2 bridgehead atoms. The van der Waals surface area contributed by atoms with Crippen LogP contribution in [0.5, 0.6) is 5.75 Å². The summed E-state index contributed by atoms with van der Waals surface area (Å²) in [7, 11) is 1.51. The van der Waals surface area contributed by atoms with Crippen LogP contribution >= 0.6 is 0 Å². The summed E-state index contributed by atoms with van der Waals surface area (Å²) in [5.41, 5.74) is 0.354. The predicted molar refractivity (Wildman–Crippen MR) is 82.0 cm³/mol. The molecule has 124 valence electrons. The smallest absolute Gasteiger partial charge is 0.329 e. The number of Topliss-reactive ketones (excluding diaryl/α,β-unsaturated/α-hetero) is 1. The molecule has 0 spiro atoms. The number of ketones is 1. The number of fused-ring (bicyclic) bond motifs is 2. The number of carbonyl (C=O) groups excluding carboxylic acids is 2. The van der Waals surface area contributed by atoms with Gasteiger partial charge in [-0.05, 0) is 48.8 Å². The normalized spacial score (nSPS) is 32.8. The van der Waals surface area contributed by atoms with Crippen molar-refractivity contribution in [3.05, 3.63) is 40.5 Å². The summed E-state index contributed by atoms with van der Waals surface area (Å²) in [5, 5.41) is 9.92. The van der Waals surface area contributed by atoms with Crippen molar-refractivity contribution in [2.24, 2.45) is 11.3 Å². The van der Waals surface area contributed by atoms with Crippen molar-refractivity contribution in [2.75, 3.05) is 7.11 Å². The number of hydrogen-bond acceptors (Lipinski definition) is 5. The van der Waals surface area contributed by atoms with Crippen LogP contribution in [0.4, 0.5) is 0 Å². The van der Waals surface area contributed by atoms with E-state index in [2.05, 4.69) is 0 Å². The Morgan fingerprint density at radius 3 is 2.58 bits per heavy atom. The average Bonchev–Trinajstić information content (AvgIpc) is 2.82. The van der Waals surface area contributed by atoms with Crippen LogP contribution in [-0.4, -0.2) is 36.0 Å². The zero-order chi connectivity index (χ0) is 17.4. The molecule has 1 aromatic rings. The Bertz CT molecular complexity index is 851. The molecule has 24 heavy (non-hydrogen) atoms. The molecule has 2 aliphatic carbocycles. The second-order valence-electron chi connectivity index (χ2n) is 6.61. The van der Waals surface area contributed by atoms with E-state index in [-0.39, 0.29) is 5.78 Å². The summed E-state index contributed by atoms with van der Waals surface area (Å²) in [4.78, 5) is 37.7. The van der Waals surface area contributed by atoms with Crippen molar-refractivity contribution in [2.45, 2.75) is 25.9 Å². The molecule has 1 aromatic carbocycles. The van der Waals surface area contributed by atoms with E-state index in [1.807, 2.05) is 0 Å². The van der Waals surface area contributed by atoms with Crippen molar-refractivity contribution in [1.82, 2.24) is 0 Å². The zero-order valence-electron chi connectivity index (χ0n) is 13.5. The zero-order valence-corrected chi connectivity index (χ0v) is 13.5. The van der Waals surface area contributed by atoms with Gasteiger partial charge in [0.05, 0.1) is 13.0 Å². The lowest BCUT2D eigenvalue weighted by Crippen LogP contribution is -2.59. The van der Waals surface area contributed by atoms with Gasteiger partial charge in [-0.2, -0.15) is 0 Å². The molecule has 1 fully saturated rings. The lowest BCUT2D eigenvalue weighted by Gasteiger charge is -2.48. The fraction of sp³-hybridized carbons (Fsp3) is 0.389. The van der Waals surface area contributed by atoms with Gasteiger partial charge in [0, 0.05) is 11.5 Å². The quantitative estimate of drug-likeness (QED) is 0.506. The molecule has 1 saturated heterocycles. The lowest BCUT2D eigenvalue weighted by atomic mass is 9.58. The number of aliphatic carboxylic acids is 1. The number of carboxylic acid groups (broad SMARTS) is 1. The maximum Gasteiger partial charge on any atom is 0.329 e. The summed E-state index contributed by atoms with van der Waals surface area (Å²) in [6, 6.07) is 3.42. The Labute approximate surface area is 138 Å². The van der Waals surface area contributed by atoms with Crippen LogP contribution in [-0.2, 0) is 14.3 Å². The van der Waals surface area contributed by atoms with Crippen molar-refractivity contribution in [3.8, 4) is 5.75 Å². The van der Waals surface area contributed by atoms with Gasteiger partial charge >= 0.3 is 11.9 Å². The Morgan fingerprint density at radius 2 is 2.00 bits per heavy atom. The van der Waals surface area contributed by atoms with Crippen LogP contribution in [0.3, 0.4) is 0 Å². The van der Waals surface area contributed by atoms with Crippen LogP contribution in [0, 0.1) is 18.3 Å². The molecule has 0 amide bonds. The van der Waals surface area contributed by atoms with Crippen LogP contribution in [0.15, 0.2) is 23.8 Å². The largest absolute Gasteiger partial charge is 0.497 e. The monoisotopic (exact) mass is 328 g/mol. The molecular formula is C18H16O6. The molecule has 4 atom stereocenters. The van der Waals surface area contributed by atoms with E-state index in [1.54, 1.807) is 32.1 Å². The molecule has 0 radical (unpaired) electrons. The number of esters is 1. The SMILES string of the molecule is COc1cc(C)c2c(c1)[C@@H]1[C@H](C2=O)[C@@H]2C=C(C)[C@@]1(C(=O)O)C(=O)O2. The number of rotatable bonds is 2. The fourth-order valence-electron chi connectivity index (χ4n) is 4.56. The third-order valence-electron chi connectivity index (χ3n) is 5.58. The highest BCUT2D eigenvalue weighted by atomic mass is 16.6. The Morgan fingerprint density at radius 1 is 1.29 bits per heavy atom. The minimum absolute atomic E-state index is 0.165. The van der Waals surface area contributed by atoms with E-state index in [0.717, 1.165) is 0 Å². The van der Waals surface area contributed by atoms with Crippen molar-refractivity contribution in [3.63, 3.8) is 0 Å². The van der Waals surface area contributed by atoms with Crippen molar-refractivity contribution < 1.29 is 29.0 Å². The lowest BCUT2D eigenvalue weighted by molar-refractivity contribution is -0.182. The number of ether oxygens (including phenoxy) is 2. The molecule has 6 heteroatoms. The molecule has 1 N–H and O–H groups in total. The van der Waals surface area contributed by atoms with Gasteiger partial charge in [0.25, 0.3) is 0 Å². The number of carboxylic acids is 1. The van der Waals surface area contributed by atoms with Crippen molar-refractivity contribution in [1.29, 1.82) is 0 Å². The van der Waals surface area contributed by atoms with Crippen molar-refractivity contribution >= 4 is 17.7 Å². The van der Waals surface area contributed by atoms with Crippen LogP contribution in [0.25, 0.3) is 0 Å². The second kappa shape index (κ2) is 4.47. The van der Waals surface area contributed by atoms with Gasteiger partial charge in [0.1, 0.15) is 11.9 Å². The fourth-order valence-corrected chi connectivity index (χ4v) is 4.56. The molecule has 6 nitrogen and oxygen atoms in total. The maximum atomic E-state index is 13.0. The van der Waals surface area contributed by atoms with Crippen LogP contribution in [0.2, 0.25) is 0 Å². The molecule has 0 saturated carbocycles. The van der Waals surface area contributed by atoms with Gasteiger partial charge in [-0.25, -0.2) is 0 Å². The summed E-state index contributed by atoms with van der Waals surface area (Å²) in [6.07, 6.45) is 0.890. The number of methoxy groups -OCH3 is 1. The summed E-state index contributed by atoms with van der Waals surface area (Å²) >= 11 is 0. The maximum absolute atomic E-state index is 13.0. The van der Waals surface area contributed by atoms with E-state index in [9.17, 15) is 19.5 Å². The molecular weight excluding hydrogens is 312 g/mol. The first kappa shape index (κ1) is 14.9. The molecule has 4 aliphatic rings. The van der Waals surface area contributed by atoms with Gasteiger partial charge in [-0.15, -0.1) is 0 Å². The molecule has 0 unspecified atom stereocenters. The van der Waals surface area contributed by atoms with Crippen LogP contribution < -0.4 is 4.74 Å². The third kappa shape index (κ3) is 1.44. The number of aryl methyl sites for hydroxylation is 1. The third-order valence-corrected chi connectivity index (χ3v) is 5.58. The topological polar surface area (TPSA) is 89.9 Å². The van der Waals surface area contributed by atoms with E-state index in [1.165, 1.54) is 7.11 Å². The highest BCUT2D eigenvalue weighted by molar-refractivity contribution is 6.13. The molecule has 2 aliphatic heterocycles. The molecule has 2 heterocycles. The number of benzene rings is 1. The number of hydrogen-bond donors (Lipinski definition) is 1. The van der Waals surface area contributed by atoms with Gasteiger partial charge in [-0.3, -0.25) is 14.4 Å². The Kier molecular flexibility index (Phi) is 2.78. The first-order valence-corrected chi connectivity index (χ1v) is 7.70. The average molecular weight is 328 g/mol. The highest BCUT2D eigenvalue weighted by Gasteiger charge is 2.70. The summed E-state index contributed by atoms with van der Waals surface area (Å²) in [5.74, 6) is -3.15. The Hall–Kier alpha value is -2.63. The van der Waals surface area contributed by atoms with E-state index < -0.39 is 35.3 Å². The molecule has 5 rings (SSSR count). The van der Waals surface area contributed by atoms with E-state index in [4.69, 9.17) is 9.47 Å². The van der Waals surface area contributed by atoms with Gasteiger partial charge in [0.2, 0.25) is 0 Å². The van der Waals surface area contributed by atoms with E-state index >= 15 is 0 Å². The first-order chi connectivity index (χ1) is 11.3. The van der Waals surface area contributed by atoms with Crippen LogP contribution in [0.1, 0.15) is 34.3 Å². The first-order valence-electron chi connectivity index (χ1n) is 7.70. The summed E-state index contributed by atoms with van der Waals surface area (Å²) < 4.78 is 10.6.